The van der Waals surface area contributed by atoms with E-state index in [0.717, 1.165) is 31.4 Å². The Labute approximate surface area is 139 Å². The molecule has 1 aliphatic heterocycles. The smallest absolute Gasteiger partial charge is 0.408 e. The van der Waals surface area contributed by atoms with E-state index in [-0.39, 0.29) is 17.6 Å². The van der Waals surface area contributed by atoms with Gasteiger partial charge in [-0.1, -0.05) is 11.6 Å². The number of amides is 1. The number of carbonyl (C=O) groups is 1. The summed E-state index contributed by atoms with van der Waals surface area (Å²) in [7, 11) is 0. The topological polar surface area (TPSA) is 67.5 Å². The molecule has 7 heteroatoms. The molecule has 1 aliphatic rings. The van der Waals surface area contributed by atoms with Crippen LogP contribution < -0.4 is 11.1 Å². The molecule has 1 aromatic carbocycles. The molecule has 1 N–H and O–H groups in total. The van der Waals surface area contributed by atoms with E-state index < -0.39 is 0 Å². The number of hydrogen-bond donors (Lipinski definition) is 1. The summed E-state index contributed by atoms with van der Waals surface area (Å²) in [5, 5.41) is 3.42. The fraction of sp³-hybridized carbons (Fsp3) is 0.500. The highest BCUT2D eigenvalue weighted by Gasteiger charge is 2.25. The van der Waals surface area contributed by atoms with Crippen molar-refractivity contribution in [1.29, 1.82) is 0 Å². The Bertz CT molecular complexity index is 760. The molecule has 0 radical (unpaired) electrons. The van der Waals surface area contributed by atoms with Gasteiger partial charge in [0.1, 0.15) is 0 Å². The summed E-state index contributed by atoms with van der Waals surface area (Å²) in [6.45, 7) is 4.63. The minimum Gasteiger partial charge on any atom is -0.408 e. The van der Waals surface area contributed by atoms with Crippen molar-refractivity contribution in [1.82, 2.24) is 14.8 Å². The number of oxazole rings is 1. The zero-order chi connectivity index (χ0) is 16.4. The van der Waals surface area contributed by atoms with E-state index in [4.69, 9.17) is 16.0 Å². The first kappa shape index (κ1) is 16.1. The number of fused-ring (bicyclic) bond motifs is 1. The molecule has 1 saturated heterocycles. The lowest BCUT2D eigenvalue weighted by atomic mass is 9.96. The molecule has 0 spiro atoms. The highest BCUT2D eigenvalue weighted by atomic mass is 35.5. The average molecular weight is 338 g/mol. The first-order valence-corrected chi connectivity index (χ1v) is 8.25. The molecule has 0 aliphatic carbocycles. The Kier molecular flexibility index (Phi) is 4.73. The van der Waals surface area contributed by atoms with E-state index in [1.165, 1.54) is 0 Å². The zero-order valence-corrected chi connectivity index (χ0v) is 13.8. The zero-order valence-electron chi connectivity index (χ0n) is 13.0. The van der Waals surface area contributed by atoms with Crippen molar-refractivity contribution in [3.8, 4) is 0 Å². The van der Waals surface area contributed by atoms with Gasteiger partial charge in [0.05, 0.1) is 12.2 Å². The van der Waals surface area contributed by atoms with Gasteiger partial charge < -0.3 is 9.73 Å². The molecule has 2 aromatic rings. The van der Waals surface area contributed by atoms with Crippen LogP contribution in [0.15, 0.2) is 27.4 Å². The Hall–Kier alpha value is -1.79. The van der Waals surface area contributed by atoms with Crippen LogP contribution in [0.3, 0.4) is 0 Å². The first-order valence-electron chi connectivity index (χ1n) is 7.87. The third kappa shape index (κ3) is 3.43. The van der Waals surface area contributed by atoms with Gasteiger partial charge in [0.25, 0.3) is 0 Å². The minimum atomic E-state index is -0.381. The molecular weight excluding hydrogens is 318 g/mol. The van der Waals surface area contributed by atoms with Crippen molar-refractivity contribution in [3.05, 3.63) is 33.8 Å². The fourth-order valence-electron chi connectivity index (χ4n) is 3.03. The van der Waals surface area contributed by atoms with Gasteiger partial charge in [0.2, 0.25) is 5.91 Å². The minimum absolute atomic E-state index is 0.0721. The normalized spacial score (nSPS) is 16.8. The molecule has 2 heterocycles. The van der Waals surface area contributed by atoms with E-state index in [1.807, 2.05) is 6.92 Å². The number of aromatic nitrogens is 1. The standard InChI is InChI=1S/C16H20ClN3O3/c1-2-18-15(21)11-5-7-19(8-6-11)10-20-13-4-3-12(17)9-14(13)23-16(20)22/h3-4,9,11H,2,5-8,10H2,1H3,(H,18,21). The van der Waals surface area contributed by atoms with Gasteiger partial charge in [-0.2, -0.15) is 0 Å². The summed E-state index contributed by atoms with van der Waals surface area (Å²) in [6, 6.07) is 5.19. The lowest BCUT2D eigenvalue weighted by molar-refractivity contribution is -0.126. The average Bonchev–Trinajstić information content (AvgIpc) is 2.83. The summed E-state index contributed by atoms with van der Waals surface area (Å²) >= 11 is 5.92. The van der Waals surface area contributed by atoms with Crippen LogP contribution in [0, 0.1) is 5.92 Å². The number of likely N-dealkylation sites (tertiary alicyclic amines) is 1. The van der Waals surface area contributed by atoms with Gasteiger partial charge in [0, 0.05) is 36.6 Å². The molecular formula is C16H20ClN3O3. The molecule has 6 nitrogen and oxygen atoms in total. The van der Waals surface area contributed by atoms with E-state index in [2.05, 4.69) is 10.2 Å². The van der Waals surface area contributed by atoms with E-state index in [1.54, 1.807) is 22.8 Å². The second-order valence-corrected chi connectivity index (χ2v) is 6.27. The van der Waals surface area contributed by atoms with Crippen LogP contribution in [0.4, 0.5) is 0 Å². The summed E-state index contributed by atoms with van der Waals surface area (Å²) < 4.78 is 6.85. The SMILES string of the molecule is CCNC(=O)C1CCN(Cn2c(=O)oc3cc(Cl)ccc32)CC1. The van der Waals surface area contributed by atoms with E-state index in [9.17, 15) is 9.59 Å². The molecule has 124 valence electrons. The monoisotopic (exact) mass is 337 g/mol. The molecule has 1 amide bonds. The van der Waals surface area contributed by atoms with Gasteiger partial charge in [-0.3, -0.25) is 14.3 Å². The fourth-order valence-corrected chi connectivity index (χ4v) is 3.19. The highest BCUT2D eigenvalue weighted by Crippen LogP contribution is 2.21. The molecule has 23 heavy (non-hydrogen) atoms. The Balaban J connectivity index is 1.69. The molecule has 0 bridgehead atoms. The summed E-state index contributed by atoms with van der Waals surface area (Å²) in [5.41, 5.74) is 1.24. The molecule has 0 unspecified atom stereocenters. The number of piperidine rings is 1. The van der Waals surface area contributed by atoms with Crippen molar-refractivity contribution < 1.29 is 9.21 Å². The molecule has 1 aromatic heterocycles. The number of hydrogen-bond acceptors (Lipinski definition) is 4. The van der Waals surface area contributed by atoms with Crippen molar-refractivity contribution in [2.24, 2.45) is 5.92 Å². The lowest BCUT2D eigenvalue weighted by Crippen LogP contribution is -2.41. The van der Waals surface area contributed by atoms with Crippen molar-refractivity contribution in [3.63, 3.8) is 0 Å². The van der Waals surface area contributed by atoms with Crippen LogP contribution in [0.2, 0.25) is 5.02 Å². The Morgan fingerprint density at radius 3 is 2.83 bits per heavy atom. The molecule has 3 rings (SSSR count). The number of rotatable bonds is 4. The maximum atomic E-state index is 12.0. The van der Waals surface area contributed by atoms with Crippen molar-refractivity contribution in [2.75, 3.05) is 19.6 Å². The Morgan fingerprint density at radius 2 is 2.13 bits per heavy atom. The van der Waals surface area contributed by atoms with Gasteiger partial charge in [0.15, 0.2) is 5.58 Å². The molecule has 0 atom stereocenters. The van der Waals surface area contributed by atoms with Crippen LogP contribution in [-0.4, -0.2) is 35.0 Å². The lowest BCUT2D eigenvalue weighted by Gasteiger charge is -2.31. The number of nitrogens with one attached hydrogen (secondary N) is 1. The summed E-state index contributed by atoms with van der Waals surface area (Å²) in [5.74, 6) is -0.177. The van der Waals surface area contributed by atoms with E-state index >= 15 is 0 Å². The van der Waals surface area contributed by atoms with Crippen LogP contribution in [0.5, 0.6) is 0 Å². The third-order valence-electron chi connectivity index (χ3n) is 4.28. The second kappa shape index (κ2) is 6.76. The molecule has 0 saturated carbocycles. The molecule has 1 fully saturated rings. The number of benzene rings is 1. The van der Waals surface area contributed by atoms with Gasteiger partial charge >= 0.3 is 5.76 Å². The van der Waals surface area contributed by atoms with E-state index in [0.29, 0.717) is 23.8 Å². The summed E-state index contributed by atoms with van der Waals surface area (Å²) in [4.78, 5) is 26.1. The Morgan fingerprint density at radius 1 is 1.39 bits per heavy atom. The van der Waals surface area contributed by atoms with Gasteiger partial charge in [-0.15, -0.1) is 0 Å². The maximum absolute atomic E-state index is 12.0. The highest BCUT2D eigenvalue weighted by molar-refractivity contribution is 6.31. The first-order chi connectivity index (χ1) is 11.1. The number of carbonyl (C=O) groups excluding carboxylic acids is 1. The van der Waals surface area contributed by atoms with Crippen LogP contribution in [-0.2, 0) is 11.5 Å². The second-order valence-electron chi connectivity index (χ2n) is 5.84. The number of nitrogens with zero attached hydrogens (tertiary/aromatic N) is 2. The predicted octanol–water partition coefficient (Wildman–Crippen LogP) is 2.05. The van der Waals surface area contributed by atoms with Crippen LogP contribution >= 0.6 is 11.6 Å². The number of halogens is 1. The van der Waals surface area contributed by atoms with Crippen molar-refractivity contribution in [2.45, 2.75) is 26.4 Å². The summed E-state index contributed by atoms with van der Waals surface area (Å²) in [6.07, 6.45) is 1.62. The quantitative estimate of drug-likeness (QED) is 0.927. The predicted molar refractivity (Wildman–Crippen MR) is 88.5 cm³/mol. The largest absolute Gasteiger partial charge is 0.421 e. The third-order valence-corrected chi connectivity index (χ3v) is 4.52. The van der Waals surface area contributed by atoms with Gasteiger partial charge in [-0.05, 0) is 31.9 Å². The van der Waals surface area contributed by atoms with Gasteiger partial charge in [-0.25, -0.2) is 4.79 Å². The maximum Gasteiger partial charge on any atom is 0.421 e. The van der Waals surface area contributed by atoms with Crippen LogP contribution in [0.25, 0.3) is 11.1 Å². The van der Waals surface area contributed by atoms with Crippen molar-refractivity contribution >= 4 is 28.6 Å². The van der Waals surface area contributed by atoms with Crippen LogP contribution in [0.1, 0.15) is 19.8 Å².